The maximum Gasteiger partial charge on any atom is 0.435 e. The van der Waals surface area contributed by atoms with E-state index in [9.17, 15) is 36.1 Å². The van der Waals surface area contributed by atoms with Gasteiger partial charge in [0.1, 0.15) is 39.6 Å². The number of nitrogens with one attached hydrogen (secondary N) is 2. The molecule has 0 saturated carbocycles. The van der Waals surface area contributed by atoms with Gasteiger partial charge in [-0.2, -0.15) is 36.8 Å². The Bertz CT molecular complexity index is 2440. The molecule has 3 aromatic heterocycles. The number of benzene rings is 2. The standard InChI is InChI=1S/C36H31ClF7N7O4S/c1-34(53,17-55-3)11-9-21-5-6-22(23-7-8-25(37)27-29(23)50(2)48-32(27)49-56(4)54)28(45-21)26(15-18-13-19(38)16-20(39)14-18)46-33(52)51-31-24(10-12-35(31,40)41)30(47-51)36(42,43)44/h5-8,13-14,16,26,53H,10,12,15,17H2,1-4H3,(H,46,52)(H,48,49). The number of aromatic nitrogens is 5. The minimum atomic E-state index is -5.18. The number of hydrogen-bond acceptors (Lipinski definition) is 7. The molecule has 5 aromatic rings. The minimum absolute atomic E-state index is 0.0189. The van der Waals surface area contributed by atoms with E-state index >= 15 is 8.78 Å². The zero-order chi connectivity index (χ0) is 40.9. The average Bonchev–Trinajstić information content (AvgIpc) is 3.74. The minimum Gasteiger partial charge on any atom is -0.381 e. The van der Waals surface area contributed by atoms with Gasteiger partial charge in [-0.3, -0.25) is 9.40 Å². The molecule has 1 aliphatic carbocycles. The van der Waals surface area contributed by atoms with Gasteiger partial charge in [-0.25, -0.2) is 22.8 Å². The number of aliphatic hydroxyl groups is 1. The molecule has 6 rings (SSSR count). The lowest BCUT2D eigenvalue weighted by molar-refractivity contribution is -0.142. The number of rotatable bonds is 9. The van der Waals surface area contributed by atoms with Crippen LogP contribution in [0.3, 0.4) is 0 Å². The topological polar surface area (TPSA) is 136 Å². The van der Waals surface area contributed by atoms with Gasteiger partial charge in [-0.1, -0.05) is 23.6 Å². The predicted octanol–water partition coefficient (Wildman–Crippen LogP) is 6.82. The fraction of sp³-hybridized carbons (Fsp3) is 0.333. The Hall–Kier alpha value is -5.03. The molecular weight excluding hydrogens is 795 g/mol. The normalized spacial score (nSPS) is 15.8. The number of aryl methyl sites for hydroxylation is 1. The van der Waals surface area contributed by atoms with Crippen LogP contribution in [0.2, 0.25) is 5.02 Å². The van der Waals surface area contributed by atoms with Crippen molar-refractivity contribution in [2.45, 2.75) is 49.9 Å². The van der Waals surface area contributed by atoms with Gasteiger partial charge in [0.2, 0.25) is 0 Å². The van der Waals surface area contributed by atoms with Crippen molar-refractivity contribution in [1.82, 2.24) is 29.9 Å². The van der Waals surface area contributed by atoms with Gasteiger partial charge >= 0.3 is 12.2 Å². The summed E-state index contributed by atoms with van der Waals surface area (Å²) in [5, 5.41) is 21.3. The second-order valence-electron chi connectivity index (χ2n) is 13.2. The largest absolute Gasteiger partial charge is 0.435 e. The highest BCUT2D eigenvalue weighted by atomic mass is 35.5. The van der Waals surface area contributed by atoms with Gasteiger partial charge in [0.05, 0.1) is 34.3 Å². The first-order valence-corrected chi connectivity index (χ1v) is 18.5. The SMILES string of the molecule is COCC(C)(O)C#Cc1ccc(-c2ccc(Cl)c3c(NS(C)=O)nn(C)c23)c(C(Cc2cc(F)cc(F)c2)NC(=O)n2nc(C(F)(F)F)c3c2C(F)(F)CC3)n1. The summed E-state index contributed by atoms with van der Waals surface area (Å²) in [6, 6.07) is 5.43. The number of hydrogen-bond donors (Lipinski definition) is 3. The Balaban J connectivity index is 1.60. The van der Waals surface area contributed by atoms with E-state index in [0.29, 0.717) is 22.5 Å². The Morgan fingerprint density at radius 2 is 1.80 bits per heavy atom. The molecule has 296 valence electrons. The van der Waals surface area contributed by atoms with Crippen LogP contribution in [0, 0.1) is 23.5 Å². The lowest BCUT2D eigenvalue weighted by Crippen LogP contribution is -2.37. The number of amides is 1. The maximum atomic E-state index is 15.1. The van der Waals surface area contributed by atoms with Crippen molar-refractivity contribution in [2.24, 2.45) is 7.05 Å². The molecule has 3 unspecified atom stereocenters. The molecule has 3 atom stereocenters. The number of halogens is 8. The summed E-state index contributed by atoms with van der Waals surface area (Å²) in [4.78, 5) is 18.6. The summed E-state index contributed by atoms with van der Waals surface area (Å²) in [5.41, 5.74) is -4.71. The molecule has 20 heteroatoms. The molecule has 2 aromatic carbocycles. The number of nitrogens with zero attached hydrogens (tertiary/aromatic N) is 5. The third-order valence-electron chi connectivity index (χ3n) is 8.75. The second kappa shape index (κ2) is 15.1. The summed E-state index contributed by atoms with van der Waals surface area (Å²) in [7, 11) is 1.31. The molecule has 0 spiro atoms. The molecule has 11 nitrogen and oxygen atoms in total. The van der Waals surface area contributed by atoms with Crippen molar-refractivity contribution in [3.63, 3.8) is 0 Å². The molecule has 0 bridgehead atoms. The zero-order valence-corrected chi connectivity index (χ0v) is 31.4. The van der Waals surface area contributed by atoms with Gasteiger partial charge in [0, 0.05) is 49.6 Å². The van der Waals surface area contributed by atoms with Crippen LogP contribution in [-0.4, -0.2) is 65.5 Å². The van der Waals surface area contributed by atoms with Crippen LogP contribution in [0.1, 0.15) is 53.3 Å². The van der Waals surface area contributed by atoms with Crippen LogP contribution in [0.25, 0.3) is 22.0 Å². The third-order valence-corrected chi connectivity index (χ3v) is 9.54. The quantitative estimate of drug-likeness (QED) is 0.110. The molecular formula is C36H31ClF7N7O4S. The molecule has 0 radical (unpaired) electrons. The molecule has 56 heavy (non-hydrogen) atoms. The van der Waals surface area contributed by atoms with Crippen molar-refractivity contribution >= 4 is 45.3 Å². The molecule has 3 N–H and O–H groups in total. The van der Waals surface area contributed by atoms with Crippen molar-refractivity contribution in [3.05, 3.63) is 93.0 Å². The number of fused-ring (bicyclic) bond motifs is 2. The van der Waals surface area contributed by atoms with Crippen LogP contribution in [0.4, 0.5) is 41.3 Å². The van der Waals surface area contributed by atoms with E-state index < -0.39 is 88.6 Å². The first kappa shape index (κ1) is 40.6. The molecule has 0 saturated heterocycles. The fourth-order valence-electron chi connectivity index (χ4n) is 6.59. The summed E-state index contributed by atoms with van der Waals surface area (Å²) >= 11 is 6.59. The molecule has 1 amide bonds. The Kier molecular flexibility index (Phi) is 11.0. The van der Waals surface area contributed by atoms with Crippen molar-refractivity contribution in [3.8, 4) is 23.0 Å². The Morgan fingerprint density at radius 3 is 2.45 bits per heavy atom. The van der Waals surface area contributed by atoms with Gasteiger partial charge in [-0.05, 0) is 61.6 Å². The van der Waals surface area contributed by atoms with Crippen LogP contribution in [0.15, 0.2) is 42.5 Å². The van der Waals surface area contributed by atoms with Gasteiger partial charge in [-0.15, -0.1) is 0 Å². The smallest absolute Gasteiger partial charge is 0.381 e. The number of anilines is 1. The van der Waals surface area contributed by atoms with E-state index in [-0.39, 0.29) is 44.6 Å². The Morgan fingerprint density at radius 1 is 1.12 bits per heavy atom. The van der Waals surface area contributed by atoms with Crippen LogP contribution in [-0.2, 0) is 47.7 Å². The van der Waals surface area contributed by atoms with E-state index in [2.05, 4.69) is 37.1 Å². The fourth-order valence-corrected chi connectivity index (χ4v) is 7.24. The number of carbonyl (C=O) groups is 1. The first-order valence-electron chi connectivity index (χ1n) is 16.5. The third kappa shape index (κ3) is 8.24. The molecule has 3 heterocycles. The summed E-state index contributed by atoms with van der Waals surface area (Å²) in [5.74, 6) is -0.391. The summed E-state index contributed by atoms with van der Waals surface area (Å²) < 4.78 is 123. The highest BCUT2D eigenvalue weighted by molar-refractivity contribution is 7.85. The number of carbonyl (C=O) groups excluding carboxylic acids is 1. The number of ether oxygens (including phenoxy) is 1. The van der Waals surface area contributed by atoms with E-state index in [0.717, 1.165) is 12.1 Å². The average molecular weight is 826 g/mol. The maximum absolute atomic E-state index is 15.1. The van der Waals surface area contributed by atoms with E-state index in [1.807, 2.05) is 0 Å². The van der Waals surface area contributed by atoms with E-state index in [1.54, 1.807) is 13.1 Å². The first-order chi connectivity index (χ1) is 26.2. The zero-order valence-electron chi connectivity index (χ0n) is 29.8. The highest BCUT2D eigenvalue weighted by Crippen LogP contribution is 2.46. The van der Waals surface area contributed by atoms with Crippen LogP contribution in [0.5, 0.6) is 0 Å². The van der Waals surface area contributed by atoms with Gasteiger partial charge in [0.25, 0.3) is 5.92 Å². The summed E-state index contributed by atoms with van der Waals surface area (Å²) in [6.07, 6.45) is -6.00. The van der Waals surface area contributed by atoms with Crippen molar-refractivity contribution in [2.75, 3.05) is 24.7 Å². The van der Waals surface area contributed by atoms with Crippen LogP contribution >= 0.6 is 11.6 Å². The highest BCUT2D eigenvalue weighted by Gasteiger charge is 2.51. The lowest BCUT2D eigenvalue weighted by Gasteiger charge is -2.23. The van der Waals surface area contributed by atoms with E-state index in [1.165, 1.54) is 43.2 Å². The van der Waals surface area contributed by atoms with E-state index in [4.69, 9.17) is 16.3 Å². The number of methoxy groups -OCH3 is 1. The van der Waals surface area contributed by atoms with Crippen LogP contribution < -0.4 is 10.0 Å². The predicted molar refractivity (Wildman–Crippen MR) is 192 cm³/mol. The second-order valence-corrected chi connectivity index (χ2v) is 14.7. The van der Waals surface area contributed by atoms with Crippen molar-refractivity contribution in [1.29, 1.82) is 0 Å². The molecule has 0 fully saturated rings. The number of alkyl halides is 5. The molecule has 0 aliphatic heterocycles. The van der Waals surface area contributed by atoms with Gasteiger partial charge < -0.3 is 15.2 Å². The molecule has 1 aliphatic rings. The Labute approximate surface area is 321 Å². The lowest BCUT2D eigenvalue weighted by atomic mass is 9.93. The van der Waals surface area contributed by atoms with Gasteiger partial charge in [0.15, 0.2) is 11.5 Å². The van der Waals surface area contributed by atoms with Crippen molar-refractivity contribution < 1.29 is 49.6 Å². The summed E-state index contributed by atoms with van der Waals surface area (Å²) in [6.45, 7) is 1.17. The number of pyridine rings is 1. The monoisotopic (exact) mass is 825 g/mol.